The molecule has 0 fully saturated rings. The topological polar surface area (TPSA) is 60.9 Å². The van der Waals surface area contributed by atoms with Crippen molar-refractivity contribution in [2.75, 3.05) is 22.9 Å². The number of anilines is 2. The van der Waals surface area contributed by atoms with E-state index in [2.05, 4.69) is 0 Å². The van der Waals surface area contributed by atoms with Crippen LogP contribution in [-0.2, 0) is 10.3 Å². The van der Waals surface area contributed by atoms with Crippen molar-refractivity contribution in [3.05, 3.63) is 24.3 Å². The molecule has 1 aliphatic heterocycles. The third-order valence-corrected chi connectivity index (χ3v) is 3.05. The van der Waals surface area contributed by atoms with E-state index in [1.807, 2.05) is 6.07 Å². The molecule has 0 bridgehead atoms. The van der Waals surface area contributed by atoms with Gasteiger partial charge in [-0.15, -0.1) is 0 Å². The number of hydrogen-bond donors (Lipinski definition) is 1. The van der Waals surface area contributed by atoms with Crippen LogP contribution < -0.4 is 9.21 Å². The van der Waals surface area contributed by atoms with Gasteiger partial charge in [-0.25, -0.2) is 4.31 Å². The maximum atomic E-state index is 11.0. The van der Waals surface area contributed by atoms with Crippen molar-refractivity contribution in [3.8, 4) is 0 Å². The molecule has 1 heterocycles. The molecule has 0 radical (unpaired) electrons. The summed E-state index contributed by atoms with van der Waals surface area (Å²) < 4.78 is 31.9. The van der Waals surface area contributed by atoms with Crippen LogP contribution in [0.3, 0.4) is 0 Å². The Bertz CT molecular complexity index is 457. The molecule has 0 saturated carbocycles. The Kier molecular flexibility index (Phi) is 1.90. The molecule has 76 valence electrons. The van der Waals surface area contributed by atoms with Crippen LogP contribution in [0, 0.1) is 0 Å². The summed E-state index contributed by atoms with van der Waals surface area (Å²) in [6.07, 6.45) is 0. The molecule has 1 N–H and O–H groups in total. The summed E-state index contributed by atoms with van der Waals surface area (Å²) in [5, 5.41) is 0. The molecule has 0 aliphatic carbocycles. The number of para-hydroxylation sites is 2. The Labute approximate surface area is 82.4 Å². The predicted octanol–water partition coefficient (Wildman–Crippen LogP) is 0.703. The summed E-state index contributed by atoms with van der Waals surface area (Å²) in [7, 11) is -2.39. The zero-order chi connectivity index (χ0) is 10.3. The number of benzene rings is 1. The van der Waals surface area contributed by atoms with Crippen molar-refractivity contribution >= 4 is 21.7 Å². The van der Waals surface area contributed by atoms with Crippen LogP contribution in [0.5, 0.6) is 0 Å². The molecule has 5 nitrogen and oxygen atoms in total. The number of hydrogen-bond acceptors (Lipinski definition) is 3. The first-order chi connectivity index (χ1) is 6.50. The largest absolute Gasteiger partial charge is 0.361 e. The Morgan fingerprint density at radius 1 is 1.29 bits per heavy atom. The zero-order valence-corrected chi connectivity index (χ0v) is 8.40. The summed E-state index contributed by atoms with van der Waals surface area (Å²) >= 11 is 0. The predicted molar refractivity (Wildman–Crippen MR) is 53.7 cm³/mol. The zero-order valence-electron chi connectivity index (χ0n) is 7.58. The van der Waals surface area contributed by atoms with E-state index in [0.717, 1.165) is 9.99 Å². The van der Waals surface area contributed by atoms with E-state index in [4.69, 9.17) is 4.55 Å². The SMILES string of the molecule is CN1CN(S(=O)(=O)O)c2ccccc21. The quantitative estimate of drug-likeness (QED) is 0.699. The fourth-order valence-electron chi connectivity index (χ4n) is 1.54. The van der Waals surface area contributed by atoms with Gasteiger partial charge in [0.1, 0.15) is 6.67 Å². The average molecular weight is 214 g/mol. The molecule has 0 unspecified atom stereocenters. The van der Waals surface area contributed by atoms with Gasteiger partial charge in [0, 0.05) is 7.05 Å². The first-order valence-electron chi connectivity index (χ1n) is 4.05. The second kappa shape index (κ2) is 2.86. The van der Waals surface area contributed by atoms with Gasteiger partial charge in [-0.3, -0.25) is 4.55 Å². The summed E-state index contributed by atoms with van der Waals surface area (Å²) in [5.74, 6) is 0. The van der Waals surface area contributed by atoms with Crippen LogP contribution in [0.2, 0.25) is 0 Å². The maximum Gasteiger partial charge on any atom is 0.361 e. The van der Waals surface area contributed by atoms with Crippen molar-refractivity contribution in [1.29, 1.82) is 0 Å². The van der Waals surface area contributed by atoms with E-state index in [1.54, 1.807) is 30.1 Å². The highest BCUT2D eigenvalue weighted by molar-refractivity contribution is 7.87. The Morgan fingerprint density at radius 3 is 2.43 bits per heavy atom. The van der Waals surface area contributed by atoms with Crippen molar-refractivity contribution in [3.63, 3.8) is 0 Å². The lowest BCUT2D eigenvalue weighted by atomic mass is 10.3. The monoisotopic (exact) mass is 214 g/mol. The average Bonchev–Trinajstić information content (AvgIpc) is 2.44. The van der Waals surface area contributed by atoms with Gasteiger partial charge in [0.05, 0.1) is 11.4 Å². The highest BCUT2D eigenvalue weighted by Gasteiger charge is 2.30. The molecule has 0 amide bonds. The minimum absolute atomic E-state index is 0.151. The smallest absolute Gasteiger partial charge is 0.354 e. The van der Waals surface area contributed by atoms with E-state index >= 15 is 0 Å². The Balaban J connectivity index is 2.55. The van der Waals surface area contributed by atoms with Crippen LogP contribution in [0.4, 0.5) is 11.4 Å². The van der Waals surface area contributed by atoms with Crippen molar-refractivity contribution < 1.29 is 13.0 Å². The Morgan fingerprint density at radius 2 is 1.86 bits per heavy atom. The molecule has 0 aromatic heterocycles. The van der Waals surface area contributed by atoms with Crippen molar-refractivity contribution in [2.24, 2.45) is 0 Å². The molecule has 0 saturated heterocycles. The molecule has 1 aromatic carbocycles. The van der Waals surface area contributed by atoms with Crippen LogP contribution in [0.1, 0.15) is 0 Å². The summed E-state index contributed by atoms with van der Waals surface area (Å²) in [6, 6.07) is 7.02. The minimum atomic E-state index is -4.16. The lowest BCUT2D eigenvalue weighted by molar-refractivity contribution is 0.479. The molecule has 1 aromatic rings. The van der Waals surface area contributed by atoms with E-state index in [0.29, 0.717) is 5.69 Å². The van der Waals surface area contributed by atoms with Crippen molar-refractivity contribution in [1.82, 2.24) is 0 Å². The van der Waals surface area contributed by atoms with Gasteiger partial charge < -0.3 is 4.90 Å². The number of nitrogens with zero attached hydrogens (tertiary/aromatic N) is 2. The summed E-state index contributed by atoms with van der Waals surface area (Å²) in [6.45, 7) is 0.151. The van der Waals surface area contributed by atoms with E-state index < -0.39 is 10.3 Å². The first kappa shape index (κ1) is 9.29. The maximum absolute atomic E-state index is 11.0. The van der Waals surface area contributed by atoms with Crippen LogP contribution in [-0.4, -0.2) is 26.7 Å². The number of rotatable bonds is 1. The fraction of sp³-hybridized carbons (Fsp3) is 0.250. The third-order valence-electron chi connectivity index (χ3n) is 2.18. The van der Waals surface area contributed by atoms with Gasteiger partial charge in [-0.05, 0) is 12.1 Å². The Hall–Kier alpha value is -1.27. The second-order valence-electron chi connectivity index (χ2n) is 3.15. The molecule has 1 aliphatic rings. The molecule has 6 heteroatoms. The van der Waals surface area contributed by atoms with E-state index in [-0.39, 0.29) is 6.67 Å². The van der Waals surface area contributed by atoms with Gasteiger partial charge in [-0.1, -0.05) is 12.1 Å². The van der Waals surface area contributed by atoms with Crippen LogP contribution >= 0.6 is 0 Å². The van der Waals surface area contributed by atoms with Gasteiger partial charge in [-0.2, -0.15) is 8.42 Å². The fourth-order valence-corrected chi connectivity index (χ4v) is 2.26. The highest BCUT2D eigenvalue weighted by atomic mass is 32.2. The van der Waals surface area contributed by atoms with Crippen LogP contribution in [0.15, 0.2) is 24.3 Å². The van der Waals surface area contributed by atoms with Crippen LogP contribution in [0.25, 0.3) is 0 Å². The lowest BCUT2D eigenvalue weighted by Gasteiger charge is -2.14. The normalized spacial score (nSPS) is 15.9. The van der Waals surface area contributed by atoms with Gasteiger partial charge in [0.2, 0.25) is 0 Å². The molecular weight excluding hydrogens is 204 g/mol. The summed E-state index contributed by atoms with van der Waals surface area (Å²) in [4.78, 5) is 1.75. The van der Waals surface area contributed by atoms with Crippen molar-refractivity contribution in [2.45, 2.75) is 0 Å². The molecule has 2 rings (SSSR count). The van der Waals surface area contributed by atoms with Gasteiger partial charge >= 0.3 is 10.3 Å². The van der Waals surface area contributed by atoms with Gasteiger partial charge in [0.15, 0.2) is 0 Å². The molecule has 14 heavy (non-hydrogen) atoms. The van der Waals surface area contributed by atoms with E-state index in [1.165, 1.54) is 0 Å². The first-order valence-corrected chi connectivity index (χ1v) is 5.45. The van der Waals surface area contributed by atoms with Gasteiger partial charge in [0.25, 0.3) is 0 Å². The highest BCUT2D eigenvalue weighted by Crippen LogP contribution is 2.35. The summed E-state index contributed by atoms with van der Waals surface area (Å²) in [5.41, 5.74) is 1.31. The minimum Gasteiger partial charge on any atom is -0.354 e. The third kappa shape index (κ3) is 1.32. The number of fused-ring (bicyclic) bond motifs is 1. The second-order valence-corrected chi connectivity index (χ2v) is 4.49. The molecular formula is C8H10N2O3S. The standard InChI is InChI=1S/C8H10N2O3S/c1-9-6-10(14(11,12)13)8-5-3-2-4-7(8)9/h2-5H,6H2,1H3,(H,11,12,13). The van der Waals surface area contributed by atoms with E-state index in [9.17, 15) is 8.42 Å². The lowest BCUT2D eigenvalue weighted by Crippen LogP contribution is -2.33. The molecule has 0 atom stereocenters. The molecule has 0 spiro atoms.